The second-order valence-electron chi connectivity index (χ2n) is 3.82. The van der Waals surface area contributed by atoms with Gasteiger partial charge in [-0.25, -0.2) is 0 Å². The van der Waals surface area contributed by atoms with Crippen molar-refractivity contribution in [2.24, 2.45) is 5.73 Å². The molecule has 1 atom stereocenters. The average Bonchev–Trinajstić information content (AvgIpc) is 2.53. The summed E-state index contributed by atoms with van der Waals surface area (Å²) in [6.07, 6.45) is 0.911. The summed E-state index contributed by atoms with van der Waals surface area (Å²) in [7, 11) is 1.64. The van der Waals surface area contributed by atoms with Crippen molar-refractivity contribution in [1.82, 2.24) is 0 Å². The Labute approximate surface area is 95.3 Å². The van der Waals surface area contributed by atoms with Crippen molar-refractivity contribution in [3.8, 4) is 11.5 Å². The van der Waals surface area contributed by atoms with Gasteiger partial charge in [-0.1, -0.05) is 6.07 Å². The van der Waals surface area contributed by atoms with Crippen molar-refractivity contribution in [3.05, 3.63) is 23.8 Å². The van der Waals surface area contributed by atoms with Crippen molar-refractivity contribution in [3.63, 3.8) is 0 Å². The second-order valence-corrected chi connectivity index (χ2v) is 3.82. The fraction of sp³-hybridized carbons (Fsp3) is 0.500. The molecule has 2 rings (SSSR count). The van der Waals surface area contributed by atoms with Gasteiger partial charge in [-0.05, 0) is 17.7 Å². The van der Waals surface area contributed by atoms with Gasteiger partial charge in [-0.15, -0.1) is 0 Å². The van der Waals surface area contributed by atoms with Crippen LogP contribution in [0.2, 0.25) is 0 Å². The first-order valence-corrected chi connectivity index (χ1v) is 5.45. The van der Waals surface area contributed by atoms with E-state index in [-0.39, 0.29) is 6.04 Å². The van der Waals surface area contributed by atoms with E-state index in [0.717, 1.165) is 23.5 Å². The lowest BCUT2D eigenvalue weighted by Crippen LogP contribution is -2.16. The van der Waals surface area contributed by atoms with Gasteiger partial charge in [0.25, 0.3) is 0 Å². The van der Waals surface area contributed by atoms with Crippen LogP contribution in [0, 0.1) is 0 Å². The number of hydrogen-bond donors (Lipinski definition) is 1. The molecule has 1 aromatic carbocycles. The Balaban J connectivity index is 2.20. The van der Waals surface area contributed by atoms with E-state index in [4.69, 9.17) is 19.9 Å². The molecule has 4 nitrogen and oxygen atoms in total. The van der Waals surface area contributed by atoms with E-state index in [2.05, 4.69) is 0 Å². The highest BCUT2D eigenvalue weighted by Crippen LogP contribution is 2.31. The zero-order valence-electron chi connectivity index (χ0n) is 9.44. The Kier molecular flexibility index (Phi) is 3.64. The normalized spacial score (nSPS) is 16.6. The monoisotopic (exact) mass is 223 g/mol. The van der Waals surface area contributed by atoms with Gasteiger partial charge in [0, 0.05) is 13.5 Å². The first-order valence-electron chi connectivity index (χ1n) is 5.45. The minimum atomic E-state index is -0.123. The highest BCUT2D eigenvalue weighted by molar-refractivity contribution is 5.44. The van der Waals surface area contributed by atoms with Crippen molar-refractivity contribution in [2.75, 3.05) is 26.9 Å². The molecule has 1 aliphatic heterocycles. The van der Waals surface area contributed by atoms with Crippen LogP contribution in [-0.2, 0) is 4.74 Å². The molecule has 88 valence electrons. The number of benzene rings is 1. The Morgan fingerprint density at radius 3 is 2.81 bits per heavy atom. The first-order chi connectivity index (χ1) is 7.81. The third kappa shape index (κ3) is 2.46. The minimum absolute atomic E-state index is 0.123. The Bertz CT molecular complexity index is 354. The molecular weight excluding hydrogens is 206 g/mol. The van der Waals surface area contributed by atoms with E-state index >= 15 is 0 Å². The summed E-state index contributed by atoms with van der Waals surface area (Å²) in [5.74, 6) is 1.58. The topological polar surface area (TPSA) is 53.7 Å². The molecule has 0 bridgehead atoms. The summed E-state index contributed by atoms with van der Waals surface area (Å²) in [5, 5.41) is 0. The summed E-state index contributed by atoms with van der Waals surface area (Å²) < 4.78 is 16.2. The molecule has 2 N–H and O–H groups in total. The molecule has 0 saturated carbocycles. The Morgan fingerprint density at radius 1 is 1.31 bits per heavy atom. The van der Waals surface area contributed by atoms with Crippen LogP contribution in [0.3, 0.4) is 0 Å². The van der Waals surface area contributed by atoms with Crippen LogP contribution in [-0.4, -0.2) is 26.9 Å². The third-order valence-corrected chi connectivity index (χ3v) is 2.55. The maximum Gasteiger partial charge on any atom is 0.161 e. The number of rotatable bonds is 3. The fourth-order valence-corrected chi connectivity index (χ4v) is 1.69. The number of hydrogen-bond acceptors (Lipinski definition) is 4. The van der Waals surface area contributed by atoms with E-state index in [9.17, 15) is 0 Å². The molecule has 0 aromatic heterocycles. The molecule has 0 saturated heterocycles. The zero-order valence-corrected chi connectivity index (χ0v) is 9.44. The molecule has 0 radical (unpaired) electrons. The largest absolute Gasteiger partial charge is 0.490 e. The van der Waals surface area contributed by atoms with Gasteiger partial charge < -0.3 is 19.9 Å². The van der Waals surface area contributed by atoms with Crippen LogP contribution in [0.4, 0.5) is 0 Å². The highest BCUT2D eigenvalue weighted by Gasteiger charge is 2.13. The van der Waals surface area contributed by atoms with E-state index < -0.39 is 0 Å². The number of ether oxygens (including phenoxy) is 3. The fourth-order valence-electron chi connectivity index (χ4n) is 1.69. The lowest BCUT2D eigenvalue weighted by molar-refractivity contribution is 0.180. The molecule has 1 unspecified atom stereocenters. The van der Waals surface area contributed by atoms with Crippen LogP contribution in [0.25, 0.3) is 0 Å². The van der Waals surface area contributed by atoms with Crippen molar-refractivity contribution in [2.45, 2.75) is 12.5 Å². The van der Waals surface area contributed by atoms with E-state index in [0.29, 0.717) is 19.8 Å². The lowest BCUT2D eigenvalue weighted by Gasteiger charge is -2.13. The van der Waals surface area contributed by atoms with E-state index in [1.807, 2.05) is 18.2 Å². The maximum absolute atomic E-state index is 5.96. The van der Waals surface area contributed by atoms with Crippen LogP contribution in [0.5, 0.6) is 11.5 Å². The van der Waals surface area contributed by atoms with Gasteiger partial charge >= 0.3 is 0 Å². The van der Waals surface area contributed by atoms with Crippen molar-refractivity contribution < 1.29 is 14.2 Å². The van der Waals surface area contributed by atoms with Gasteiger partial charge in [0.05, 0.1) is 25.9 Å². The van der Waals surface area contributed by atoms with Crippen LogP contribution in [0.1, 0.15) is 18.0 Å². The zero-order chi connectivity index (χ0) is 11.4. The lowest BCUT2D eigenvalue weighted by atomic mass is 10.1. The molecular formula is C12H17NO3. The SMILES string of the molecule is COCC(N)c1ccc2c(c1)OCCCO2. The molecule has 4 heteroatoms. The predicted octanol–water partition coefficient (Wildman–Crippen LogP) is 1.49. The van der Waals surface area contributed by atoms with Crippen molar-refractivity contribution in [1.29, 1.82) is 0 Å². The van der Waals surface area contributed by atoms with Gasteiger partial charge in [0.1, 0.15) is 0 Å². The van der Waals surface area contributed by atoms with E-state index in [1.165, 1.54) is 0 Å². The average molecular weight is 223 g/mol. The molecule has 1 heterocycles. The molecule has 0 aliphatic carbocycles. The number of fused-ring (bicyclic) bond motifs is 1. The second kappa shape index (κ2) is 5.18. The molecule has 1 aromatic rings. The Morgan fingerprint density at radius 2 is 2.06 bits per heavy atom. The van der Waals surface area contributed by atoms with Crippen LogP contribution in [0.15, 0.2) is 18.2 Å². The summed E-state index contributed by atoms with van der Waals surface area (Å²) >= 11 is 0. The van der Waals surface area contributed by atoms with E-state index in [1.54, 1.807) is 7.11 Å². The minimum Gasteiger partial charge on any atom is -0.490 e. The van der Waals surface area contributed by atoms with Gasteiger partial charge in [0.15, 0.2) is 11.5 Å². The number of nitrogens with two attached hydrogens (primary N) is 1. The molecule has 1 aliphatic rings. The van der Waals surface area contributed by atoms with Gasteiger partial charge in [-0.2, -0.15) is 0 Å². The molecule has 0 spiro atoms. The van der Waals surface area contributed by atoms with Gasteiger partial charge in [0.2, 0.25) is 0 Å². The smallest absolute Gasteiger partial charge is 0.161 e. The standard InChI is InChI=1S/C12H17NO3/c1-14-8-10(13)9-3-4-11-12(7-9)16-6-2-5-15-11/h3-4,7,10H,2,5-6,8,13H2,1H3. The summed E-state index contributed by atoms with van der Waals surface area (Å²) in [6.45, 7) is 1.89. The predicted molar refractivity (Wildman–Crippen MR) is 60.9 cm³/mol. The van der Waals surface area contributed by atoms with Crippen LogP contribution < -0.4 is 15.2 Å². The van der Waals surface area contributed by atoms with Gasteiger partial charge in [-0.3, -0.25) is 0 Å². The first kappa shape index (κ1) is 11.2. The third-order valence-electron chi connectivity index (χ3n) is 2.55. The van der Waals surface area contributed by atoms with Crippen molar-refractivity contribution >= 4 is 0 Å². The molecule has 16 heavy (non-hydrogen) atoms. The maximum atomic E-state index is 5.96. The highest BCUT2D eigenvalue weighted by atomic mass is 16.5. The summed E-state index contributed by atoms with van der Waals surface area (Å²) in [5.41, 5.74) is 6.96. The van der Waals surface area contributed by atoms with Crippen LogP contribution >= 0.6 is 0 Å². The number of methoxy groups -OCH3 is 1. The summed E-state index contributed by atoms with van der Waals surface area (Å²) in [4.78, 5) is 0. The quantitative estimate of drug-likeness (QED) is 0.843. The molecule has 0 amide bonds. The Hall–Kier alpha value is -1.26. The summed E-state index contributed by atoms with van der Waals surface area (Å²) in [6, 6.07) is 5.68. The molecule has 0 fully saturated rings.